The Hall–Kier alpha value is -1.55. The van der Waals surface area contributed by atoms with Crippen LogP contribution in [-0.4, -0.2) is 38.6 Å². The van der Waals surface area contributed by atoms with E-state index in [4.69, 9.17) is 4.74 Å². The Morgan fingerprint density at radius 2 is 2.11 bits per heavy atom. The second kappa shape index (κ2) is 7.79. The van der Waals surface area contributed by atoms with Crippen molar-refractivity contribution in [1.29, 1.82) is 0 Å². The van der Waals surface area contributed by atoms with Gasteiger partial charge in [-0.1, -0.05) is 25.1 Å². The van der Waals surface area contributed by atoms with Crippen LogP contribution in [0.5, 0.6) is 5.75 Å². The molecule has 0 aliphatic rings. The lowest BCUT2D eigenvalue weighted by atomic mass is 10.0. The first-order valence-electron chi connectivity index (χ1n) is 6.65. The lowest BCUT2D eigenvalue weighted by Gasteiger charge is -2.23. The van der Waals surface area contributed by atoms with Gasteiger partial charge in [-0.05, 0) is 19.5 Å². The Bertz CT molecular complexity index is 407. The first-order chi connectivity index (χ1) is 9.13. The van der Waals surface area contributed by atoms with E-state index in [1.165, 1.54) is 0 Å². The molecular formula is C15H24N2O2. The normalized spacial score (nSPS) is 12.0. The van der Waals surface area contributed by atoms with E-state index >= 15 is 0 Å². The molecule has 1 unspecified atom stereocenters. The van der Waals surface area contributed by atoms with Crippen molar-refractivity contribution < 1.29 is 9.53 Å². The minimum absolute atomic E-state index is 0.0321. The number of nitrogens with one attached hydrogen (secondary N) is 1. The Balaban J connectivity index is 2.72. The number of carbonyl (C=O) groups excluding carboxylic acids is 1. The number of rotatable bonds is 7. The Labute approximate surface area is 115 Å². The lowest BCUT2D eigenvalue weighted by molar-refractivity contribution is -0.134. The van der Waals surface area contributed by atoms with Crippen molar-refractivity contribution in [2.75, 3.05) is 27.7 Å². The van der Waals surface area contributed by atoms with Gasteiger partial charge in [0.15, 0.2) is 0 Å². The molecule has 4 nitrogen and oxygen atoms in total. The summed E-state index contributed by atoms with van der Waals surface area (Å²) >= 11 is 0. The summed E-state index contributed by atoms with van der Waals surface area (Å²) in [5, 5.41) is 3.07. The maximum Gasteiger partial charge on any atom is 0.226 e. The molecule has 1 aromatic carbocycles. The van der Waals surface area contributed by atoms with Gasteiger partial charge in [0.05, 0.1) is 13.0 Å². The van der Waals surface area contributed by atoms with Crippen LogP contribution in [0.1, 0.15) is 18.9 Å². The largest absolute Gasteiger partial charge is 0.496 e. The number of carbonyl (C=O) groups is 1. The minimum atomic E-state index is 0.0321. The highest BCUT2D eigenvalue weighted by atomic mass is 16.5. The third-order valence-electron chi connectivity index (χ3n) is 3.27. The van der Waals surface area contributed by atoms with Crippen molar-refractivity contribution in [2.45, 2.75) is 19.9 Å². The summed E-state index contributed by atoms with van der Waals surface area (Å²) in [5.74, 6) is 1.02. The van der Waals surface area contributed by atoms with Gasteiger partial charge in [0, 0.05) is 25.7 Å². The molecular weight excluding hydrogens is 240 g/mol. The molecule has 0 heterocycles. The van der Waals surface area contributed by atoms with Crippen molar-refractivity contribution >= 4 is 5.91 Å². The Kier molecular flexibility index (Phi) is 6.36. The highest BCUT2D eigenvalue weighted by Crippen LogP contribution is 2.19. The van der Waals surface area contributed by atoms with Crippen LogP contribution >= 0.6 is 0 Å². The molecule has 1 atom stereocenters. The van der Waals surface area contributed by atoms with Crippen LogP contribution in [0, 0.1) is 5.92 Å². The third-order valence-corrected chi connectivity index (χ3v) is 3.27. The molecule has 1 amide bonds. The van der Waals surface area contributed by atoms with Crippen molar-refractivity contribution in [2.24, 2.45) is 5.92 Å². The van der Waals surface area contributed by atoms with E-state index in [2.05, 4.69) is 5.32 Å². The summed E-state index contributed by atoms with van der Waals surface area (Å²) < 4.78 is 5.31. The Morgan fingerprint density at radius 3 is 2.68 bits per heavy atom. The molecule has 0 aliphatic heterocycles. The summed E-state index contributed by atoms with van der Waals surface area (Å²) in [6.45, 7) is 3.32. The van der Waals surface area contributed by atoms with Crippen molar-refractivity contribution in [3.05, 3.63) is 29.8 Å². The molecule has 106 valence electrons. The highest BCUT2D eigenvalue weighted by Gasteiger charge is 2.20. The number of methoxy groups -OCH3 is 1. The molecule has 0 radical (unpaired) electrons. The monoisotopic (exact) mass is 264 g/mol. The zero-order valence-electron chi connectivity index (χ0n) is 12.3. The van der Waals surface area contributed by atoms with Gasteiger partial charge in [-0.3, -0.25) is 4.79 Å². The smallest absolute Gasteiger partial charge is 0.226 e. The van der Waals surface area contributed by atoms with Crippen LogP contribution in [0.2, 0.25) is 0 Å². The number of ether oxygens (including phenoxy) is 1. The second-order valence-corrected chi connectivity index (χ2v) is 4.67. The van der Waals surface area contributed by atoms with Crippen LogP contribution in [0.4, 0.5) is 0 Å². The molecule has 19 heavy (non-hydrogen) atoms. The first kappa shape index (κ1) is 15.5. The van der Waals surface area contributed by atoms with E-state index in [-0.39, 0.29) is 11.8 Å². The minimum Gasteiger partial charge on any atom is -0.496 e. The first-order valence-corrected chi connectivity index (χ1v) is 6.65. The fourth-order valence-electron chi connectivity index (χ4n) is 2.13. The third kappa shape index (κ3) is 4.24. The van der Waals surface area contributed by atoms with Crippen molar-refractivity contribution in [1.82, 2.24) is 10.2 Å². The van der Waals surface area contributed by atoms with Gasteiger partial charge in [-0.25, -0.2) is 0 Å². The van der Waals surface area contributed by atoms with Gasteiger partial charge in [0.25, 0.3) is 0 Å². The summed E-state index contributed by atoms with van der Waals surface area (Å²) in [6.07, 6.45) is 0.843. The highest BCUT2D eigenvalue weighted by molar-refractivity contribution is 5.78. The van der Waals surface area contributed by atoms with Gasteiger partial charge in [0.1, 0.15) is 5.75 Å². The summed E-state index contributed by atoms with van der Waals surface area (Å²) in [4.78, 5) is 14.1. The molecule has 0 aromatic heterocycles. The van der Waals surface area contributed by atoms with Crippen LogP contribution < -0.4 is 10.1 Å². The predicted molar refractivity (Wildman–Crippen MR) is 77.2 cm³/mol. The van der Waals surface area contributed by atoms with Crippen LogP contribution in [0.25, 0.3) is 0 Å². The zero-order chi connectivity index (χ0) is 14.3. The summed E-state index contributed by atoms with van der Waals surface area (Å²) in [6, 6.07) is 7.79. The van der Waals surface area contributed by atoms with Gasteiger partial charge in [-0.15, -0.1) is 0 Å². The number of benzene rings is 1. The number of hydrogen-bond acceptors (Lipinski definition) is 3. The number of nitrogens with zero attached hydrogens (tertiary/aromatic N) is 1. The van der Waals surface area contributed by atoms with E-state index in [0.29, 0.717) is 13.1 Å². The fraction of sp³-hybridized carbons (Fsp3) is 0.533. The topological polar surface area (TPSA) is 41.6 Å². The molecule has 0 bridgehead atoms. The van der Waals surface area contributed by atoms with Gasteiger partial charge in [-0.2, -0.15) is 0 Å². The molecule has 1 rings (SSSR count). The van der Waals surface area contributed by atoms with Gasteiger partial charge in [0.2, 0.25) is 5.91 Å². The summed E-state index contributed by atoms with van der Waals surface area (Å²) in [7, 11) is 5.36. The zero-order valence-corrected chi connectivity index (χ0v) is 12.3. The van der Waals surface area contributed by atoms with Crippen LogP contribution in [-0.2, 0) is 11.3 Å². The van der Waals surface area contributed by atoms with E-state index in [1.807, 2.05) is 45.3 Å². The SMILES string of the molecule is CCC(CNC)C(=O)N(C)Cc1ccccc1OC. The van der Waals surface area contributed by atoms with Crippen molar-refractivity contribution in [3.8, 4) is 5.75 Å². The molecule has 0 saturated carbocycles. The lowest BCUT2D eigenvalue weighted by Crippen LogP contribution is -2.36. The maximum absolute atomic E-state index is 12.3. The fourth-order valence-corrected chi connectivity index (χ4v) is 2.13. The number of hydrogen-bond donors (Lipinski definition) is 1. The van der Waals surface area contributed by atoms with Gasteiger partial charge < -0.3 is 15.0 Å². The van der Waals surface area contributed by atoms with E-state index < -0.39 is 0 Å². The average molecular weight is 264 g/mol. The molecule has 1 N–H and O–H groups in total. The summed E-state index contributed by atoms with van der Waals surface area (Å²) in [5.41, 5.74) is 1.03. The van der Waals surface area contributed by atoms with Gasteiger partial charge >= 0.3 is 0 Å². The standard InChI is InChI=1S/C15H24N2O2/c1-5-12(10-16-2)15(18)17(3)11-13-8-6-7-9-14(13)19-4/h6-9,12,16H,5,10-11H2,1-4H3. The molecule has 0 spiro atoms. The maximum atomic E-state index is 12.3. The predicted octanol–water partition coefficient (Wildman–Crippen LogP) is 1.90. The van der Waals surface area contributed by atoms with Crippen LogP contribution in [0.3, 0.4) is 0 Å². The van der Waals surface area contributed by atoms with E-state index in [0.717, 1.165) is 17.7 Å². The van der Waals surface area contributed by atoms with E-state index in [9.17, 15) is 4.79 Å². The van der Waals surface area contributed by atoms with Crippen LogP contribution in [0.15, 0.2) is 24.3 Å². The molecule has 0 fully saturated rings. The quantitative estimate of drug-likeness (QED) is 0.818. The Morgan fingerprint density at radius 1 is 1.42 bits per heavy atom. The van der Waals surface area contributed by atoms with Crippen molar-refractivity contribution in [3.63, 3.8) is 0 Å². The average Bonchev–Trinajstić information content (AvgIpc) is 2.44. The molecule has 1 aromatic rings. The number of amides is 1. The van der Waals surface area contributed by atoms with E-state index in [1.54, 1.807) is 12.0 Å². The molecule has 0 aliphatic carbocycles. The second-order valence-electron chi connectivity index (χ2n) is 4.67. The molecule has 0 saturated heterocycles. The number of para-hydroxylation sites is 1. The molecule has 4 heteroatoms.